The molecule has 7 N–H and O–H groups in total. The molecule has 0 radical (unpaired) electrons. The molecule has 152 valence electrons. The van der Waals surface area contributed by atoms with E-state index in [1.807, 2.05) is 0 Å². The van der Waals surface area contributed by atoms with Crippen molar-refractivity contribution in [3.05, 3.63) is 46.0 Å². The highest BCUT2D eigenvalue weighted by molar-refractivity contribution is 7.91. The summed E-state index contributed by atoms with van der Waals surface area (Å²) in [4.78, 5) is 12.2. The highest BCUT2D eigenvalue weighted by atomic mass is 32.2. The van der Waals surface area contributed by atoms with E-state index in [2.05, 4.69) is 5.32 Å². The summed E-state index contributed by atoms with van der Waals surface area (Å²) >= 11 is 1.03. The third-order valence-corrected chi connectivity index (χ3v) is 6.52. The molecule has 2 aromatic rings. The molecule has 7 nitrogen and oxygen atoms in total. The smallest absolute Gasteiger partial charge is 0.341 e. The summed E-state index contributed by atoms with van der Waals surface area (Å²) in [5, 5.41) is 3.00. The summed E-state index contributed by atoms with van der Waals surface area (Å²) in [5.74, 6) is -3.96. The predicted molar refractivity (Wildman–Crippen MR) is 106 cm³/mol. The molecule has 0 aliphatic rings. The van der Waals surface area contributed by atoms with Crippen LogP contribution in [0.2, 0.25) is 0 Å². The largest absolute Gasteiger partial charge is 0.402 e. The lowest BCUT2D eigenvalue weighted by molar-refractivity contribution is 0.0955. The van der Waals surface area contributed by atoms with E-state index in [4.69, 9.17) is 17.2 Å². The molecule has 0 aliphatic carbocycles. The number of amides is 1. The molecule has 0 bridgehead atoms. The van der Waals surface area contributed by atoms with Crippen molar-refractivity contribution in [1.82, 2.24) is 5.32 Å². The summed E-state index contributed by atoms with van der Waals surface area (Å²) in [7, 11) is -4.65. The summed E-state index contributed by atoms with van der Waals surface area (Å²) in [6, 6.07) is 4.82. The van der Waals surface area contributed by atoms with Crippen LogP contribution in [0.3, 0.4) is 0 Å². The second-order valence-corrected chi connectivity index (χ2v) is 8.99. The highest BCUT2D eigenvalue weighted by Crippen LogP contribution is 2.38. The predicted octanol–water partition coefficient (Wildman–Crippen LogP) is 2.55. The maximum atomic E-state index is 12.5. The van der Waals surface area contributed by atoms with Crippen molar-refractivity contribution < 1.29 is 22.0 Å². The Bertz CT molecular complexity index is 1030. The van der Waals surface area contributed by atoms with Gasteiger partial charge in [-0.2, -0.15) is 8.78 Å². The number of rotatable bonds is 6. The van der Waals surface area contributed by atoms with E-state index < -0.39 is 26.4 Å². The number of carbonyl (C=O) groups excluding carboxylic acids is 1. The first kappa shape index (κ1) is 21.6. The van der Waals surface area contributed by atoms with Gasteiger partial charge in [0.2, 0.25) is 9.84 Å². The Hall–Kier alpha value is -2.66. The molecular weight excluding hydrogens is 410 g/mol. The van der Waals surface area contributed by atoms with Gasteiger partial charge in [0.05, 0.1) is 15.6 Å². The number of allylic oxidation sites excluding steroid dienone is 2. The van der Waals surface area contributed by atoms with Crippen LogP contribution < -0.4 is 22.5 Å². The van der Waals surface area contributed by atoms with Crippen molar-refractivity contribution in [2.45, 2.75) is 31.0 Å². The minimum absolute atomic E-state index is 0.0468. The Morgan fingerprint density at radius 2 is 1.75 bits per heavy atom. The van der Waals surface area contributed by atoms with Gasteiger partial charge >= 0.3 is 5.76 Å². The van der Waals surface area contributed by atoms with E-state index in [1.165, 1.54) is 12.1 Å². The van der Waals surface area contributed by atoms with Crippen molar-refractivity contribution in [2.24, 2.45) is 5.73 Å². The van der Waals surface area contributed by atoms with E-state index in [0.29, 0.717) is 27.4 Å². The van der Waals surface area contributed by atoms with Gasteiger partial charge < -0.3 is 22.5 Å². The van der Waals surface area contributed by atoms with Crippen molar-refractivity contribution in [1.29, 1.82) is 0 Å². The molecule has 0 fully saturated rings. The maximum absolute atomic E-state index is 12.5. The van der Waals surface area contributed by atoms with Gasteiger partial charge in [-0.1, -0.05) is 12.1 Å². The van der Waals surface area contributed by atoms with Crippen LogP contribution in [0, 0.1) is 0 Å². The third-order valence-electron chi connectivity index (χ3n) is 4.08. The average Bonchev–Trinajstić information content (AvgIpc) is 2.93. The first-order valence-corrected chi connectivity index (χ1v) is 10.3. The standard InChI is InChI=1S/C17H20F2N4O3S2/c1-8(9(2)20)12-13(21)14(27-15(12)22)16(24)23-7-10-3-5-11(6-4-10)28(25,26)17(18)19/h3-6,17H,7,20-22H2,1-2H3,(H,23,24)/b9-8-. The number of alkyl halides is 2. The number of benzene rings is 1. The fourth-order valence-electron chi connectivity index (χ4n) is 2.38. The molecule has 28 heavy (non-hydrogen) atoms. The lowest BCUT2D eigenvalue weighted by Crippen LogP contribution is -2.22. The van der Waals surface area contributed by atoms with Gasteiger partial charge in [0.15, 0.2) is 0 Å². The van der Waals surface area contributed by atoms with Crippen LogP contribution in [-0.4, -0.2) is 20.1 Å². The molecule has 0 saturated carbocycles. The molecule has 0 atom stereocenters. The molecule has 1 amide bonds. The average molecular weight is 431 g/mol. The SMILES string of the molecule is C/C(N)=C(\C)c1c(N)sc(C(=O)NCc2ccc(S(=O)(=O)C(F)F)cc2)c1N. The zero-order valence-corrected chi connectivity index (χ0v) is 16.8. The summed E-state index contributed by atoms with van der Waals surface area (Å²) in [6.45, 7) is 3.50. The zero-order chi connectivity index (χ0) is 21.2. The van der Waals surface area contributed by atoms with Crippen LogP contribution in [0.1, 0.15) is 34.6 Å². The Balaban J connectivity index is 2.15. The third kappa shape index (κ3) is 4.25. The molecule has 1 aromatic carbocycles. The quantitative estimate of drug-likeness (QED) is 0.555. The number of carbonyl (C=O) groups is 1. The van der Waals surface area contributed by atoms with Crippen LogP contribution in [0.4, 0.5) is 19.5 Å². The number of nitrogens with one attached hydrogen (secondary N) is 1. The van der Waals surface area contributed by atoms with Gasteiger partial charge in [0.1, 0.15) is 4.88 Å². The molecule has 1 heterocycles. The zero-order valence-electron chi connectivity index (χ0n) is 15.1. The van der Waals surface area contributed by atoms with Crippen LogP contribution in [-0.2, 0) is 16.4 Å². The maximum Gasteiger partial charge on any atom is 0.341 e. The first-order valence-electron chi connectivity index (χ1n) is 7.97. The minimum atomic E-state index is -4.65. The fourth-order valence-corrected chi connectivity index (χ4v) is 4.06. The second kappa shape index (κ2) is 8.15. The van der Waals surface area contributed by atoms with E-state index in [0.717, 1.165) is 23.5 Å². The van der Waals surface area contributed by atoms with E-state index in [-0.39, 0.29) is 17.1 Å². The van der Waals surface area contributed by atoms with Crippen molar-refractivity contribution >= 4 is 43.3 Å². The number of thiophene rings is 1. The molecular formula is C17H20F2N4O3S2. The normalized spacial score (nSPS) is 12.8. The van der Waals surface area contributed by atoms with Crippen LogP contribution in [0.15, 0.2) is 34.9 Å². The highest BCUT2D eigenvalue weighted by Gasteiger charge is 2.26. The summed E-state index contributed by atoms with van der Waals surface area (Å²) in [6.07, 6.45) is 0. The molecule has 2 rings (SSSR count). The van der Waals surface area contributed by atoms with Crippen LogP contribution in [0.5, 0.6) is 0 Å². The van der Waals surface area contributed by atoms with Gasteiger partial charge in [-0.3, -0.25) is 4.79 Å². The van der Waals surface area contributed by atoms with Crippen molar-refractivity contribution in [3.8, 4) is 0 Å². The molecule has 11 heteroatoms. The van der Waals surface area contributed by atoms with E-state index >= 15 is 0 Å². The number of anilines is 2. The molecule has 0 unspecified atom stereocenters. The minimum Gasteiger partial charge on any atom is -0.402 e. The molecule has 0 aliphatic heterocycles. The van der Waals surface area contributed by atoms with Gasteiger partial charge in [0, 0.05) is 17.8 Å². The van der Waals surface area contributed by atoms with E-state index in [1.54, 1.807) is 13.8 Å². The summed E-state index contributed by atoms with van der Waals surface area (Å²) < 4.78 is 47.9. The van der Waals surface area contributed by atoms with Crippen LogP contribution in [0.25, 0.3) is 5.57 Å². The van der Waals surface area contributed by atoms with Crippen molar-refractivity contribution in [3.63, 3.8) is 0 Å². The fraction of sp³-hybridized carbons (Fsp3) is 0.235. The van der Waals surface area contributed by atoms with Gasteiger partial charge in [-0.25, -0.2) is 8.42 Å². The van der Waals surface area contributed by atoms with Gasteiger partial charge in [-0.05, 0) is 37.1 Å². The number of sulfone groups is 1. The second-order valence-electron chi connectivity index (χ2n) is 6.02. The van der Waals surface area contributed by atoms with Crippen LogP contribution >= 0.6 is 11.3 Å². The van der Waals surface area contributed by atoms with E-state index in [9.17, 15) is 22.0 Å². The molecule has 0 spiro atoms. The Labute approximate surface area is 165 Å². The first-order chi connectivity index (χ1) is 13.0. The Morgan fingerprint density at radius 3 is 2.25 bits per heavy atom. The van der Waals surface area contributed by atoms with Crippen molar-refractivity contribution in [2.75, 3.05) is 11.5 Å². The number of nitrogen functional groups attached to an aromatic ring is 2. The lowest BCUT2D eigenvalue weighted by Gasteiger charge is -2.08. The Kier molecular flexibility index (Phi) is 6.30. The number of halogens is 2. The number of nitrogens with two attached hydrogens (primary N) is 3. The molecule has 0 saturated heterocycles. The number of hydrogen-bond donors (Lipinski definition) is 4. The summed E-state index contributed by atoms with van der Waals surface area (Å²) in [5.41, 5.74) is 20.3. The van der Waals surface area contributed by atoms with Gasteiger partial charge in [0.25, 0.3) is 5.91 Å². The topological polar surface area (TPSA) is 141 Å². The van der Waals surface area contributed by atoms with Gasteiger partial charge in [-0.15, -0.1) is 11.3 Å². The number of hydrogen-bond acceptors (Lipinski definition) is 7. The Morgan fingerprint density at radius 1 is 1.18 bits per heavy atom. The lowest BCUT2D eigenvalue weighted by atomic mass is 10.1. The molecule has 1 aromatic heterocycles. The monoisotopic (exact) mass is 430 g/mol.